The van der Waals surface area contributed by atoms with E-state index in [4.69, 9.17) is 14.2 Å². The monoisotopic (exact) mass is 462 g/mol. The predicted octanol–water partition coefficient (Wildman–Crippen LogP) is 2.83. The highest BCUT2D eigenvalue weighted by Crippen LogP contribution is 2.23. The summed E-state index contributed by atoms with van der Waals surface area (Å²) in [5.41, 5.74) is 0. The van der Waals surface area contributed by atoms with Gasteiger partial charge in [-0.2, -0.15) is 4.31 Å². The summed E-state index contributed by atoms with van der Waals surface area (Å²) >= 11 is 0. The first-order valence-electron chi connectivity index (χ1n) is 10.7. The Bertz CT molecular complexity index is 988. The molecule has 2 aromatic carbocycles. The van der Waals surface area contributed by atoms with E-state index in [1.165, 1.54) is 4.31 Å². The number of methoxy groups -OCH3 is 1. The van der Waals surface area contributed by atoms with Gasteiger partial charge in [0.2, 0.25) is 10.0 Å². The minimum Gasteiger partial charge on any atom is -0.497 e. The summed E-state index contributed by atoms with van der Waals surface area (Å²) in [6, 6.07) is 13.4. The highest BCUT2D eigenvalue weighted by molar-refractivity contribution is 7.89. The van der Waals surface area contributed by atoms with Crippen LogP contribution in [0, 0.1) is 0 Å². The minimum absolute atomic E-state index is 0.246. The zero-order chi connectivity index (χ0) is 23.0. The number of benzene rings is 2. The normalized spacial score (nSPS) is 15.6. The van der Waals surface area contributed by atoms with Gasteiger partial charge in [0.25, 0.3) is 5.91 Å². The van der Waals surface area contributed by atoms with Crippen LogP contribution in [0.15, 0.2) is 53.4 Å². The third-order valence-electron chi connectivity index (χ3n) is 5.17. The summed E-state index contributed by atoms with van der Waals surface area (Å²) in [5.74, 6) is 1.47. The molecule has 1 atom stereocenters. The largest absolute Gasteiger partial charge is 0.497 e. The molecule has 0 radical (unpaired) electrons. The molecule has 1 aliphatic heterocycles. The lowest BCUT2D eigenvalue weighted by Crippen LogP contribution is -2.38. The number of nitrogens with zero attached hydrogens (tertiary/aromatic N) is 1. The summed E-state index contributed by atoms with van der Waals surface area (Å²) in [5, 5.41) is 2.76. The highest BCUT2D eigenvalue weighted by Gasteiger charge is 2.25. The Labute approximate surface area is 189 Å². The Morgan fingerprint density at radius 3 is 2.41 bits per heavy atom. The van der Waals surface area contributed by atoms with Gasteiger partial charge < -0.3 is 19.5 Å². The second kappa shape index (κ2) is 11.2. The van der Waals surface area contributed by atoms with Gasteiger partial charge in [0, 0.05) is 19.2 Å². The Balaban J connectivity index is 1.42. The molecule has 1 N–H and O–H groups in total. The molecule has 9 heteroatoms. The first kappa shape index (κ1) is 23.9. The fraction of sp³-hybridized carbons (Fsp3) is 0.435. The molecule has 0 saturated carbocycles. The summed E-state index contributed by atoms with van der Waals surface area (Å²) in [7, 11) is -1.89. The van der Waals surface area contributed by atoms with Crippen molar-refractivity contribution in [2.45, 2.75) is 37.2 Å². The number of rotatable bonds is 10. The number of hydrogen-bond acceptors (Lipinski definition) is 6. The van der Waals surface area contributed by atoms with Crippen LogP contribution in [0.4, 0.5) is 0 Å². The van der Waals surface area contributed by atoms with Crippen molar-refractivity contribution in [1.82, 2.24) is 9.62 Å². The third-order valence-corrected chi connectivity index (χ3v) is 7.08. The number of nitrogens with one attached hydrogen (secondary N) is 1. The molecule has 1 saturated heterocycles. The second-order valence-corrected chi connectivity index (χ2v) is 9.45. The van der Waals surface area contributed by atoms with Crippen molar-refractivity contribution in [2.75, 3.05) is 33.4 Å². The summed E-state index contributed by atoms with van der Waals surface area (Å²) < 4.78 is 43.3. The number of carbonyl (C=O) groups is 1. The fourth-order valence-electron chi connectivity index (χ4n) is 3.38. The lowest BCUT2D eigenvalue weighted by molar-refractivity contribution is -0.127. The molecule has 3 rings (SSSR count). The number of piperidine rings is 1. The maximum absolute atomic E-state index is 12.7. The number of carbonyl (C=O) groups excluding carboxylic acids is 1. The van der Waals surface area contributed by atoms with E-state index in [9.17, 15) is 13.2 Å². The Morgan fingerprint density at radius 2 is 1.72 bits per heavy atom. The molecule has 0 spiro atoms. The van der Waals surface area contributed by atoms with Crippen molar-refractivity contribution < 1.29 is 27.4 Å². The van der Waals surface area contributed by atoms with Gasteiger partial charge in [-0.1, -0.05) is 12.5 Å². The van der Waals surface area contributed by atoms with E-state index in [1.54, 1.807) is 62.6 Å². The smallest absolute Gasteiger partial charge is 0.260 e. The molecule has 8 nitrogen and oxygen atoms in total. The first-order chi connectivity index (χ1) is 15.4. The Hall–Kier alpha value is -2.78. The molecule has 174 valence electrons. The summed E-state index contributed by atoms with van der Waals surface area (Å²) in [6.07, 6.45) is 2.19. The van der Waals surface area contributed by atoms with Gasteiger partial charge in [0.1, 0.15) is 23.9 Å². The van der Waals surface area contributed by atoms with Crippen molar-refractivity contribution in [2.24, 2.45) is 0 Å². The number of ether oxygens (including phenoxy) is 3. The maximum Gasteiger partial charge on any atom is 0.260 e. The van der Waals surface area contributed by atoms with Crippen molar-refractivity contribution in [3.63, 3.8) is 0 Å². The summed E-state index contributed by atoms with van der Waals surface area (Å²) in [6.45, 7) is 3.34. The van der Waals surface area contributed by atoms with Gasteiger partial charge in [-0.25, -0.2) is 8.42 Å². The number of sulfonamides is 1. The zero-order valence-electron chi connectivity index (χ0n) is 18.5. The van der Waals surface area contributed by atoms with Gasteiger partial charge >= 0.3 is 0 Å². The Morgan fingerprint density at radius 1 is 1.03 bits per heavy atom. The molecule has 0 aromatic heterocycles. The number of hydrogen-bond donors (Lipinski definition) is 1. The quantitative estimate of drug-likeness (QED) is 0.546. The lowest BCUT2D eigenvalue weighted by Gasteiger charge is -2.25. The van der Waals surface area contributed by atoms with E-state index in [-0.39, 0.29) is 17.4 Å². The fourth-order valence-corrected chi connectivity index (χ4v) is 4.90. The van der Waals surface area contributed by atoms with Crippen LogP contribution in [-0.2, 0) is 14.8 Å². The van der Waals surface area contributed by atoms with Crippen molar-refractivity contribution in [3.05, 3.63) is 48.5 Å². The molecule has 32 heavy (non-hydrogen) atoms. The van der Waals surface area contributed by atoms with E-state index in [1.807, 2.05) is 0 Å². The van der Waals surface area contributed by atoms with Gasteiger partial charge in [-0.05, 0) is 56.2 Å². The van der Waals surface area contributed by atoms with Crippen LogP contribution < -0.4 is 19.5 Å². The highest BCUT2D eigenvalue weighted by atomic mass is 32.2. The molecule has 1 aliphatic rings. The van der Waals surface area contributed by atoms with Crippen LogP contribution in [0.5, 0.6) is 17.2 Å². The zero-order valence-corrected chi connectivity index (χ0v) is 19.3. The van der Waals surface area contributed by atoms with E-state index in [0.29, 0.717) is 36.9 Å². The molecule has 1 fully saturated rings. The van der Waals surface area contributed by atoms with Crippen LogP contribution in [0.2, 0.25) is 0 Å². The van der Waals surface area contributed by atoms with E-state index < -0.39 is 16.1 Å². The average molecular weight is 463 g/mol. The molecule has 0 unspecified atom stereocenters. The predicted molar refractivity (Wildman–Crippen MR) is 121 cm³/mol. The van der Waals surface area contributed by atoms with Gasteiger partial charge in [-0.3, -0.25) is 4.79 Å². The van der Waals surface area contributed by atoms with Crippen LogP contribution >= 0.6 is 0 Å². The molecule has 1 amide bonds. The second-order valence-electron chi connectivity index (χ2n) is 7.51. The molecule has 0 aliphatic carbocycles. The lowest BCUT2D eigenvalue weighted by atomic mass is 10.2. The molecular formula is C23H30N2O6S. The topological polar surface area (TPSA) is 94.2 Å². The maximum atomic E-state index is 12.7. The van der Waals surface area contributed by atoms with Crippen molar-refractivity contribution in [1.29, 1.82) is 0 Å². The molecule has 0 bridgehead atoms. The van der Waals surface area contributed by atoms with E-state index >= 15 is 0 Å². The average Bonchev–Trinajstić information content (AvgIpc) is 2.82. The number of amides is 1. The van der Waals surface area contributed by atoms with Crippen LogP contribution in [0.1, 0.15) is 26.2 Å². The minimum atomic E-state index is -3.46. The van der Waals surface area contributed by atoms with E-state index in [0.717, 1.165) is 19.3 Å². The molecule has 1 heterocycles. The van der Waals surface area contributed by atoms with Crippen LogP contribution in [0.3, 0.4) is 0 Å². The van der Waals surface area contributed by atoms with Gasteiger partial charge in [0.15, 0.2) is 6.10 Å². The van der Waals surface area contributed by atoms with Crippen molar-refractivity contribution in [3.8, 4) is 17.2 Å². The summed E-state index contributed by atoms with van der Waals surface area (Å²) in [4.78, 5) is 12.5. The Kier molecular flexibility index (Phi) is 8.35. The molecule has 2 aromatic rings. The SMILES string of the molecule is COc1cccc(O[C@H](C)C(=O)NCCOc2ccc(S(=O)(=O)N3CCCCC3)cc2)c1. The standard InChI is InChI=1S/C23H30N2O6S/c1-18(31-21-8-6-7-20(17-21)29-2)23(26)24-13-16-30-19-9-11-22(12-10-19)32(27,28)25-14-4-3-5-15-25/h6-12,17-18H,3-5,13-16H2,1-2H3,(H,24,26)/t18-/m1/s1. The van der Waals surface area contributed by atoms with Crippen molar-refractivity contribution >= 4 is 15.9 Å². The van der Waals surface area contributed by atoms with Gasteiger partial charge in [0.05, 0.1) is 18.6 Å². The molecular weight excluding hydrogens is 432 g/mol. The van der Waals surface area contributed by atoms with Crippen LogP contribution in [-0.4, -0.2) is 58.1 Å². The third kappa shape index (κ3) is 6.37. The van der Waals surface area contributed by atoms with E-state index in [2.05, 4.69) is 5.32 Å². The van der Waals surface area contributed by atoms with Crippen LogP contribution in [0.25, 0.3) is 0 Å². The van der Waals surface area contributed by atoms with Gasteiger partial charge in [-0.15, -0.1) is 0 Å². The first-order valence-corrected chi connectivity index (χ1v) is 12.2.